The van der Waals surface area contributed by atoms with Crippen molar-refractivity contribution >= 4 is 50.9 Å². The van der Waals surface area contributed by atoms with Gasteiger partial charge in [-0.05, 0) is 30.3 Å². The third kappa shape index (κ3) is 7.20. The molecule has 1 heterocycles. The van der Waals surface area contributed by atoms with E-state index in [4.69, 9.17) is 4.74 Å². The molecule has 0 atom stereocenters. The Morgan fingerprint density at radius 2 is 1.66 bits per heavy atom. The second kappa shape index (κ2) is 10.6. The van der Waals surface area contributed by atoms with Crippen molar-refractivity contribution in [3.8, 4) is 11.6 Å². The maximum Gasteiger partial charge on any atom is 0.237 e. The quantitative estimate of drug-likeness (QED) is 0.506. The Morgan fingerprint density at radius 1 is 0.966 bits per heavy atom. The smallest absolute Gasteiger partial charge is 0.237 e. The van der Waals surface area contributed by atoms with E-state index in [-0.39, 0.29) is 23.3 Å². The summed E-state index contributed by atoms with van der Waals surface area (Å²) in [5.74, 6) is 0.853. The van der Waals surface area contributed by atoms with Crippen LogP contribution in [0.5, 0.6) is 11.6 Å². The topological polar surface area (TPSA) is 93.2 Å². The molecular formula is C20H17BrN4O3S. The number of hydrogen-bond acceptors (Lipinski definition) is 6. The van der Waals surface area contributed by atoms with Crippen molar-refractivity contribution in [3.63, 3.8) is 0 Å². The largest absolute Gasteiger partial charge is 0.437 e. The van der Waals surface area contributed by atoms with Gasteiger partial charge in [0.25, 0.3) is 0 Å². The molecule has 3 aromatic rings. The van der Waals surface area contributed by atoms with Gasteiger partial charge >= 0.3 is 0 Å². The summed E-state index contributed by atoms with van der Waals surface area (Å²) in [5.41, 5.74) is 1.30. The SMILES string of the molecule is O=C(CSCC(=O)Nc1cccc(Oc2cnccn2)c1)Nc1cccc(Br)c1. The lowest BCUT2D eigenvalue weighted by Gasteiger charge is -2.08. The number of amides is 2. The molecule has 0 saturated carbocycles. The number of ether oxygens (including phenoxy) is 1. The zero-order valence-electron chi connectivity index (χ0n) is 15.2. The number of hydrogen-bond donors (Lipinski definition) is 2. The van der Waals surface area contributed by atoms with Gasteiger partial charge in [0.15, 0.2) is 0 Å². The number of thioether (sulfide) groups is 1. The second-order valence-corrected chi connectivity index (χ2v) is 7.67. The first-order valence-electron chi connectivity index (χ1n) is 8.55. The van der Waals surface area contributed by atoms with E-state index in [1.807, 2.05) is 18.2 Å². The molecule has 3 rings (SSSR count). The van der Waals surface area contributed by atoms with Crippen molar-refractivity contribution in [1.82, 2.24) is 9.97 Å². The minimum Gasteiger partial charge on any atom is -0.437 e. The van der Waals surface area contributed by atoms with Crippen LogP contribution in [0.4, 0.5) is 11.4 Å². The van der Waals surface area contributed by atoms with Crippen molar-refractivity contribution in [3.05, 3.63) is 71.6 Å². The monoisotopic (exact) mass is 472 g/mol. The van der Waals surface area contributed by atoms with Crippen LogP contribution in [0.1, 0.15) is 0 Å². The van der Waals surface area contributed by atoms with Crippen molar-refractivity contribution in [2.45, 2.75) is 0 Å². The normalized spacial score (nSPS) is 10.2. The predicted molar refractivity (Wildman–Crippen MR) is 117 cm³/mol. The predicted octanol–water partition coefficient (Wildman–Crippen LogP) is 4.34. The van der Waals surface area contributed by atoms with Crippen LogP contribution in [0.2, 0.25) is 0 Å². The van der Waals surface area contributed by atoms with E-state index < -0.39 is 0 Å². The summed E-state index contributed by atoms with van der Waals surface area (Å²) < 4.78 is 6.47. The van der Waals surface area contributed by atoms with Gasteiger partial charge in [0, 0.05) is 34.3 Å². The van der Waals surface area contributed by atoms with E-state index in [1.165, 1.54) is 24.2 Å². The van der Waals surface area contributed by atoms with Crippen LogP contribution in [-0.4, -0.2) is 33.3 Å². The number of anilines is 2. The number of carbonyl (C=O) groups excluding carboxylic acids is 2. The molecule has 0 unspecified atom stereocenters. The van der Waals surface area contributed by atoms with Gasteiger partial charge in [-0.15, -0.1) is 11.8 Å². The number of nitrogens with one attached hydrogen (secondary N) is 2. The van der Waals surface area contributed by atoms with Crippen LogP contribution < -0.4 is 15.4 Å². The molecule has 29 heavy (non-hydrogen) atoms. The lowest BCUT2D eigenvalue weighted by atomic mass is 10.3. The van der Waals surface area contributed by atoms with Crippen LogP contribution >= 0.6 is 27.7 Å². The van der Waals surface area contributed by atoms with Gasteiger partial charge in [0.05, 0.1) is 17.7 Å². The number of carbonyl (C=O) groups is 2. The van der Waals surface area contributed by atoms with Gasteiger partial charge in [-0.3, -0.25) is 14.6 Å². The fourth-order valence-corrected chi connectivity index (χ4v) is 3.31. The first kappa shape index (κ1) is 20.8. The molecule has 9 heteroatoms. The number of nitrogens with zero attached hydrogens (tertiary/aromatic N) is 2. The highest BCUT2D eigenvalue weighted by Crippen LogP contribution is 2.22. The highest BCUT2D eigenvalue weighted by molar-refractivity contribution is 9.10. The van der Waals surface area contributed by atoms with Gasteiger partial charge < -0.3 is 15.4 Å². The Balaban J connectivity index is 1.43. The van der Waals surface area contributed by atoms with Crippen LogP contribution in [-0.2, 0) is 9.59 Å². The molecule has 0 radical (unpaired) electrons. The Labute approximate surface area is 180 Å². The highest BCUT2D eigenvalue weighted by Gasteiger charge is 2.08. The van der Waals surface area contributed by atoms with Crippen molar-refractivity contribution < 1.29 is 14.3 Å². The van der Waals surface area contributed by atoms with Gasteiger partial charge in [0.2, 0.25) is 17.7 Å². The molecule has 2 amide bonds. The molecule has 0 aliphatic rings. The van der Waals surface area contributed by atoms with Crippen LogP contribution in [0.25, 0.3) is 0 Å². The highest BCUT2D eigenvalue weighted by atomic mass is 79.9. The molecule has 0 bridgehead atoms. The summed E-state index contributed by atoms with van der Waals surface area (Å²) in [5, 5.41) is 5.57. The van der Waals surface area contributed by atoms with Gasteiger partial charge in [-0.2, -0.15) is 0 Å². The Morgan fingerprint density at radius 3 is 2.31 bits per heavy atom. The van der Waals surface area contributed by atoms with E-state index in [9.17, 15) is 9.59 Å². The maximum atomic E-state index is 12.1. The second-order valence-electron chi connectivity index (χ2n) is 5.77. The molecule has 148 valence electrons. The maximum absolute atomic E-state index is 12.1. The molecule has 1 aromatic heterocycles. The minimum atomic E-state index is -0.207. The van der Waals surface area contributed by atoms with Crippen molar-refractivity contribution in [2.24, 2.45) is 0 Å². The van der Waals surface area contributed by atoms with E-state index in [0.717, 1.165) is 4.47 Å². The lowest BCUT2D eigenvalue weighted by molar-refractivity contribution is -0.114. The first-order valence-corrected chi connectivity index (χ1v) is 10.5. The van der Waals surface area contributed by atoms with E-state index >= 15 is 0 Å². The Bertz CT molecular complexity index is 988. The zero-order chi connectivity index (χ0) is 20.5. The summed E-state index contributed by atoms with van der Waals surface area (Å²) in [4.78, 5) is 32.1. The average molecular weight is 473 g/mol. The lowest BCUT2D eigenvalue weighted by Crippen LogP contribution is -2.18. The molecule has 0 fully saturated rings. The van der Waals surface area contributed by atoms with Crippen molar-refractivity contribution in [2.75, 3.05) is 22.1 Å². The summed E-state index contributed by atoms with van der Waals surface area (Å²) in [6, 6.07) is 14.3. The first-order chi connectivity index (χ1) is 14.1. The average Bonchev–Trinajstić information content (AvgIpc) is 2.69. The van der Waals surface area contributed by atoms with Crippen LogP contribution in [0, 0.1) is 0 Å². The molecule has 0 saturated heterocycles. The van der Waals surface area contributed by atoms with Gasteiger partial charge in [-0.25, -0.2) is 4.98 Å². The van der Waals surface area contributed by atoms with E-state index in [0.29, 0.717) is 23.0 Å². The van der Waals surface area contributed by atoms with Crippen LogP contribution in [0.15, 0.2) is 71.6 Å². The molecular weight excluding hydrogens is 456 g/mol. The molecule has 0 aliphatic carbocycles. The zero-order valence-corrected chi connectivity index (χ0v) is 17.6. The number of benzene rings is 2. The third-order valence-electron chi connectivity index (χ3n) is 3.45. The number of halogens is 1. The molecule has 2 aromatic carbocycles. The van der Waals surface area contributed by atoms with Crippen LogP contribution in [0.3, 0.4) is 0 Å². The Kier molecular flexibility index (Phi) is 7.60. The van der Waals surface area contributed by atoms with E-state index in [1.54, 1.807) is 36.5 Å². The standard InChI is InChI=1S/C20H17BrN4O3S/c21-14-3-1-4-15(9-14)24-18(26)12-29-13-19(27)25-16-5-2-6-17(10-16)28-20-11-22-7-8-23-20/h1-11H,12-13H2,(H,24,26)(H,25,27). The van der Waals surface area contributed by atoms with Gasteiger partial charge in [-0.1, -0.05) is 28.1 Å². The number of rotatable bonds is 8. The summed E-state index contributed by atoms with van der Waals surface area (Å²) >= 11 is 4.59. The Hall–Kier alpha value is -2.91. The fraction of sp³-hybridized carbons (Fsp3) is 0.100. The van der Waals surface area contributed by atoms with E-state index in [2.05, 4.69) is 36.5 Å². The van der Waals surface area contributed by atoms with Gasteiger partial charge in [0.1, 0.15) is 5.75 Å². The summed E-state index contributed by atoms with van der Waals surface area (Å²) in [6.45, 7) is 0. The molecule has 2 N–H and O–H groups in total. The molecule has 7 nitrogen and oxygen atoms in total. The third-order valence-corrected chi connectivity index (χ3v) is 4.88. The molecule has 0 spiro atoms. The summed E-state index contributed by atoms with van der Waals surface area (Å²) in [6.07, 6.45) is 4.59. The minimum absolute atomic E-state index is 0.154. The molecule has 0 aliphatic heterocycles. The summed E-state index contributed by atoms with van der Waals surface area (Å²) in [7, 11) is 0. The van der Waals surface area contributed by atoms with Crippen molar-refractivity contribution in [1.29, 1.82) is 0 Å². The fourth-order valence-electron chi connectivity index (χ4n) is 2.29. The number of aromatic nitrogens is 2.